The summed E-state index contributed by atoms with van der Waals surface area (Å²) in [6, 6.07) is 9.72. The van der Waals surface area contributed by atoms with Gasteiger partial charge in [-0.3, -0.25) is 0 Å². The van der Waals surface area contributed by atoms with Gasteiger partial charge in [0.2, 0.25) is 0 Å². The Hall–Kier alpha value is -2.16. The SMILES string of the molecule is CCCOc1cc(Oc2c(C)ccc(C)c2C)ccc1N. The lowest BCUT2D eigenvalue weighted by Gasteiger charge is -2.15. The zero-order valence-electron chi connectivity index (χ0n) is 13.2. The van der Waals surface area contributed by atoms with Crippen molar-refractivity contribution in [2.75, 3.05) is 12.3 Å². The molecule has 0 aliphatic heterocycles. The van der Waals surface area contributed by atoms with Gasteiger partial charge in [-0.1, -0.05) is 19.1 Å². The summed E-state index contributed by atoms with van der Waals surface area (Å²) >= 11 is 0. The molecule has 2 N–H and O–H groups in total. The summed E-state index contributed by atoms with van der Waals surface area (Å²) in [5, 5.41) is 0. The van der Waals surface area contributed by atoms with Crippen LogP contribution in [0.3, 0.4) is 0 Å². The van der Waals surface area contributed by atoms with Crippen LogP contribution in [0.4, 0.5) is 5.69 Å². The third kappa shape index (κ3) is 3.48. The van der Waals surface area contributed by atoms with Crippen LogP contribution in [0.25, 0.3) is 0 Å². The second-order valence-corrected chi connectivity index (χ2v) is 5.30. The zero-order chi connectivity index (χ0) is 15.4. The van der Waals surface area contributed by atoms with Crippen LogP contribution in [0.2, 0.25) is 0 Å². The second kappa shape index (κ2) is 6.53. The quantitative estimate of drug-likeness (QED) is 0.804. The van der Waals surface area contributed by atoms with E-state index in [1.165, 1.54) is 5.56 Å². The number of nitrogens with two attached hydrogens (primary N) is 1. The normalized spacial score (nSPS) is 10.5. The lowest BCUT2D eigenvalue weighted by molar-refractivity contribution is 0.317. The number of hydrogen-bond acceptors (Lipinski definition) is 3. The second-order valence-electron chi connectivity index (χ2n) is 5.30. The van der Waals surface area contributed by atoms with E-state index in [-0.39, 0.29) is 0 Å². The van der Waals surface area contributed by atoms with Gasteiger partial charge in [-0.05, 0) is 56.0 Å². The van der Waals surface area contributed by atoms with E-state index in [1.54, 1.807) is 0 Å². The predicted molar refractivity (Wildman–Crippen MR) is 87.4 cm³/mol. The minimum Gasteiger partial charge on any atom is -0.491 e. The number of hydrogen-bond donors (Lipinski definition) is 1. The molecule has 0 unspecified atom stereocenters. The van der Waals surface area contributed by atoms with E-state index in [9.17, 15) is 0 Å². The first-order chi connectivity index (χ1) is 10.0. The first kappa shape index (κ1) is 15.2. The lowest BCUT2D eigenvalue weighted by atomic mass is 10.1. The molecule has 0 aromatic heterocycles. The molecule has 3 heteroatoms. The first-order valence-electron chi connectivity index (χ1n) is 7.30. The van der Waals surface area contributed by atoms with Crippen molar-refractivity contribution >= 4 is 5.69 Å². The molecule has 0 spiro atoms. The average Bonchev–Trinajstić information content (AvgIpc) is 2.48. The Morgan fingerprint density at radius 3 is 2.43 bits per heavy atom. The van der Waals surface area contributed by atoms with Crippen molar-refractivity contribution in [2.45, 2.75) is 34.1 Å². The highest BCUT2D eigenvalue weighted by Gasteiger charge is 2.09. The molecular formula is C18H23NO2. The first-order valence-corrected chi connectivity index (χ1v) is 7.30. The molecule has 0 atom stereocenters. The number of nitrogen functional groups attached to an aromatic ring is 1. The summed E-state index contributed by atoms with van der Waals surface area (Å²) in [7, 11) is 0. The van der Waals surface area contributed by atoms with Gasteiger partial charge in [0.1, 0.15) is 17.2 Å². The van der Waals surface area contributed by atoms with Crippen molar-refractivity contribution in [3.05, 3.63) is 47.0 Å². The maximum atomic E-state index is 6.06. The molecule has 3 nitrogen and oxygen atoms in total. The minimum absolute atomic E-state index is 0.633. The van der Waals surface area contributed by atoms with Gasteiger partial charge >= 0.3 is 0 Å². The molecule has 2 aromatic carbocycles. The summed E-state index contributed by atoms with van der Waals surface area (Å²) in [5.74, 6) is 2.32. The van der Waals surface area contributed by atoms with Gasteiger partial charge in [0, 0.05) is 6.07 Å². The molecule has 2 aromatic rings. The summed E-state index contributed by atoms with van der Waals surface area (Å²) in [5.41, 5.74) is 10.0. The lowest BCUT2D eigenvalue weighted by Crippen LogP contribution is -2.00. The Morgan fingerprint density at radius 1 is 1.00 bits per heavy atom. The van der Waals surface area contributed by atoms with Crippen molar-refractivity contribution in [3.8, 4) is 17.2 Å². The highest BCUT2D eigenvalue weighted by molar-refractivity contribution is 5.57. The Morgan fingerprint density at radius 2 is 1.71 bits per heavy atom. The molecule has 0 saturated carbocycles. The van der Waals surface area contributed by atoms with Gasteiger partial charge in [-0.25, -0.2) is 0 Å². The van der Waals surface area contributed by atoms with Crippen LogP contribution in [0.1, 0.15) is 30.0 Å². The standard InChI is InChI=1S/C18H23NO2/c1-5-10-20-17-11-15(8-9-16(17)19)21-18-13(3)7-6-12(2)14(18)4/h6-9,11H,5,10,19H2,1-4H3. The van der Waals surface area contributed by atoms with Gasteiger partial charge < -0.3 is 15.2 Å². The van der Waals surface area contributed by atoms with Gasteiger partial charge in [0.05, 0.1) is 12.3 Å². The van der Waals surface area contributed by atoms with E-state index in [0.29, 0.717) is 18.0 Å². The molecular weight excluding hydrogens is 262 g/mol. The molecule has 0 radical (unpaired) electrons. The van der Waals surface area contributed by atoms with E-state index in [0.717, 1.165) is 29.0 Å². The fourth-order valence-electron chi connectivity index (χ4n) is 2.12. The van der Waals surface area contributed by atoms with Crippen LogP contribution in [-0.4, -0.2) is 6.61 Å². The van der Waals surface area contributed by atoms with Crippen molar-refractivity contribution < 1.29 is 9.47 Å². The molecule has 0 amide bonds. The van der Waals surface area contributed by atoms with Crippen LogP contribution in [0.5, 0.6) is 17.2 Å². The van der Waals surface area contributed by atoms with Gasteiger partial charge in [-0.2, -0.15) is 0 Å². The van der Waals surface area contributed by atoms with Gasteiger partial charge in [-0.15, -0.1) is 0 Å². The van der Waals surface area contributed by atoms with Gasteiger partial charge in [0.15, 0.2) is 0 Å². The molecule has 0 aliphatic rings. The van der Waals surface area contributed by atoms with Crippen molar-refractivity contribution in [1.82, 2.24) is 0 Å². The minimum atomic E-state index is 0.633. The number of benzene rings is 2. The Balaban J connectivity index is 2.30. The van der Waals surface area contributed by atoms with Gasteiger partial charge in [0.25, 0.3) is 0 Å². The number of anilines is 1. The highest BCUT2D eigenvalue weighted by atomic mass is 16.5. The average molecular weight is 285 g/mol. The smallest absolute Gasteiger partial charge is 0.145 e. The summed E-state index contributed by atoms with van der Waals surface area (Å²) in [6.07, 6.45) is 0.945. The van der Waals surface area contributed by atoms with Crippen LogP contribution >= 0.6 is 0 Å². The van der Waals surface area contributed by atoms with Crippen molar-refractivity contribution in [1.29, 1.82) is 0 Å². The fourth-order valence-corrected chi connectivity index (χ4v) is 2.12. The maximum absolute atomic E-state index is 6.06. The predicted octanol–water partition coefficient (Wildman–Crippen LogP) is 4.78. The molecule has 0 saturated heterocycles. The Kier molecular flexibility index (Phi) is 4.73. The summed E-state index contributed by atoms with van der Waals surface area (Å²) in [6.45, 7) is 8.92. The number of ether oxygens (including phenoxy) is 2. The number of aryl methyl sites for hydroxylation is 2. The Labute approximate surface area is 126 Å². The highest BCUT2D eigenvalue weighted by Crippen LogP contribution is 2.34. The molecule has 0 fully saturated rings. The van der Waals surface area contributed by atoms with Crippen LogP contribution in [0, 0.1) is 20.8 Å². The molecule has 0 bridgehead atoms. The zero-order valence-corrected chi connectivity index (χ0v) is 13.2. The van der Waals surface area contributed by atoms with Crippen molar-refractivity contribution in [3.63, 3.8) is 0 Å². The molecule has 0 heterocycles. The largest absolute Gasteiger partial charge is 0.491 e. The third-order valence-electron chi connectivity index (χ3n) is 3.54. The summed E-state index contributed by atoms with van der Waals surface area (Å²) < 4.78 is 11.7. The number of rotatable bonds is 5. The maximum Gasteiger partial charge on any atom is 0.145 e. The van der Waals surface area contributed by atoms with Crippen LogP contribution in [0.15, 0.2) is 30.3 Å². The van der Waals surface area contributed by atoms with E-state index < -0.39 is 0 Å². The van der Waals surface area contributed by atoms with E-state index in [4.69, 9.17) is 15.2 Å². The molecule has 2 rings (SSSR count). The van der Waals surface area contributed by atoms with Crippen LogP contribution in [-0.2, 0) is 0 Å². The van der Waals surface area contributed by atoms with E-state index >= 15 is 0 Å². The van der Waals surface area contributed by atoms with Crippen molar-refractivity contribution in [2.24, 2.45) is 0 Å². The van der Waals surface area contributed by atoms with E-state index in [1.807, 2.05) is 25.1 Å². The van der Waals surface area contributed by atoms with E-state index in [2.05, 4.69) is 32.9 Å². The summed E-state index contributed by atoms with van der Waals surface area (Å²) in [4.78, 5) is 0. The van der Waals surface area contributed by atoms with Crippen LogP contribution < -0.4 is 15.2 Å². The fraction of sp³-hybridized carbons (Fsp3) is 0.333. The molecule has 112 valence electrons. The Bertz CT molecular complexity index is 635. The molecule has 21 heavy (non-hydrogen) atoms. The molecule has 0 aliphatic carbocycles. The third-order valence-corrected chi connectivity index (χ3v) is 3.54. The monoisotopic (exact) mass is 285 g/mol. The topological polar surface area (TPSA) is 44.5 Å².